The Morgan fingerprint density at radius 1 is 0.952 bits per heavy atom. The minimum absolute atomic E-state index is 0.00500. The zero-order valence-corrected chi connectivity index (χ0v) is 23.9. The molecular weight excluding hydrogens is 556 g/mol. The molecule has 3 amide bonds. The molecule has 0 aromatic heterocycles. The van der Waals surface area contributed by atoms with Gasteiger partial charge in [0, 0.05) is 43.7 Å². The number of piperidine rings is 1. The van der Waals surface area contributed by atoms with Gasteiger partial charge >= 0.3 is 6.03 Å². The Morgan fingerprint density at radius 3 is 2.36 bits per heavy atom. The Labute approximate surface area is 245 Å². The molecule has 2 saturated heterocycles. The summed E-state index contributed by atoms with van der Waals surface area (Å²) in [7, 11) is -4.17. The number of anilines is 1. The predicted molar refractivity (Wildman–Crippen MR) is 157 cm³/mol. The van der Waals surface area contributed by atoms with Crippen LogP contribution < -0.4 is 15.4 Å². The van der Waals surface area contributed by atoms with Crippen LogP contribution in [0.25, 0.3) is 11.1 Å². The van der Waals surface area contributed by atoms with Crippen LogP contribution in [-0.2, 0) is 14.8 Å². The van der Waals surface area contributed by atoms with Crippen LogP contribution in [0.1, 0.15) is 25.7 Å². The van der Waals surface area contributed by atoms with Crippen molar-refractivity contribution in [3.63, 3.8) is 0 Å². The van der Waals surface area contributed by atoms with Crippen LogP contribution in [0.2, 0.25) is 0 Å². The largest absolute Gasteiger partial charge is 0.492 e. The third-order valence-electron chi connectivity index (χ3n) is 8.43. The van der Waals surface area contributed by atoms with Crippen LogP contribution in [0.15, 0.2) is 83.8 Å². The first-order valence-electron chi connectivity index (χ1n) is 14.2. The molecule has 1 spiro atoms. The molecule has 3 heterocycles. The highest BCUT2D eigenvalue weighted by atomic mass is 32.2. The molecule has 3 aliphatic rings. The molecule has 6 rings (SSSR count). The number of hydrogen-bond donors (Lipinski definition) is 3. The Balaban J connectivity index is 1.28. The average Bonchev–Trinajstić information content (AvgIpc) is 3.40. The van der Waals surface area contributed by atoms with Crippen LogP contribution in [0, 0.1) is 0 Å². The van der Waals surface area contributed by atoms with E-state index < -0.39 is 33.6 Å². The van der Waals surface area contributed by atoms with Crippen molar-refractivity contribution in [2.75, 3.05) is 31.6 Å². The topological polar surface area (TPSA) is 128 Å². The molecule has 0 bridgehead atoms. The summed E-state index contributed by atoms with van der Waals surface area (Å²) >= 11 is 0. The first kappa shape index (κ1) is 28.2. The van der Waals surface area contributed by atoms with Crippen molar-refractivity contribution in [1.29, 1.82) is 0 Å². The molecule has 0 aliphatic carbocycles. The highest BCUT2D eigenvalue weighted by Gasteiger charge is 2.47. The van der Waals surface area contributed by atoms with Gasteiger partial charge in [0.05, 0.1) is 12.7 Å². The normalized spacial score (nSPS) is 23.5. The SMILES string of the molecule is O=C1NC2(CCOc3cc(-c4ccccc4)ccc3S(=O)(=O)N3C[C@H](O)C[C@@H]13)CCN(C(=O)Nc1ccccc1)CC2. The minimum Gasteiger partial charge on any atom is -0.492 e. The number of aliphatic hydroxyl groups is 1. The van der Waals surface area contributed by atoms with E-state index >= 15 is 0 Å². The maximum Gasteiger partial charge on any atom is 0.321 e. The predicted octanol–water partition coefficient (Wildman–Crippen LogP) is 3.44. The van der Waals surface area contributed by atoms with Gasteiger partial charge in [0.2, 0.25) is 15.9 Å². The molecule has 3 aliphatic heterocycles. The number of amides is 3. The number of benzene rings is 3. The number of sulfonamides is 1. The fraction of sp³-hybridized carbons (Fsp3) is 0.355. The number of para-hydroxylation sites is 1. The molecule has 2 fully saturated rings. The van der Waals surface area contributed by atoms with Crippen molar-refractivity contribution in [2.45, 2.75) is 48.3 Å². The van der Waals surface area contributed by atoms with Gasteiger partial charge in [0.25, 0.3) is 0 Å². The molecule has 3 N–H and O–H groups in total. The Kier molecular flexibility index (Phi) is 7.65. The second-order valence-corrected chi connectivity index (χ2v) is 13.0. The second-order valence-electron chi connectivity index (χ2n) is 11.2. The van der Waals surface area contributed by atoms with Gasteiger partial charge in [0.15, 0.2) is 0 Å². The monoisotopic (exact) mass is 590 g/mol. The molecule has 2 atom stereocenters. The van der Waals surface area contributed by atoms with Crippen molar-refractivity contribution in [3.05, 3.63) is 78.9 Å². The summed E-state index contributed by atoms with van der Waals surface area (Å²) in [5.41, 5.74) is 1.72. The highest BCUT2D eigenvalue weighted by molar-refractivity contribution is 7.89. The number of carbonyl (C=O) groups is 2. The first-order chi connectivity index (χ1) is 20.2. The van der Waals surface area contributed by atoms with E-state index in [0.717, 1.165) is 15.4 Å². The summed E-state index contributed by atoms with van der Waals surface area (Å²) in [6.45, 7) is 0.803. The maximum atomic E-state index is 13.9. The van der Waals surface area contributed by atoms with E-state index in [-0.39, 0.29) is 36.2 Å². The van der Waals surface area contributed by atoms with E-state index in [1.807, 2.05) is 60.7 Å². The fourth-order valence-corrected chi connectivity index (χ4v) is 7.81. The number of ether oxygens (including phenoxy) is 1. The first-order valence-corrected chi connectivity index (χ1v) is 15.6. The molecule has 11 heteroatoms. The quantitative estimate of drug-likeness (QED) is 0.420. The van der Waals surface area contributed by atoms with E-state index in [1.165, 1.54) is 6.07 Å². The van der Waals surface area contributed by atoms with Gasteiger partial charge < -0.3 is 25.4 Å². The molecule has 3 aromatic rings. The summed E-state index contributed by atoms with van der Waals surface area (Å²) in [6.07, 6.45) is 0.417. The Morgan fingerprint density at radius 2 is 1.64 bits per heavy atom. The van der Waals surface area contributed by atoms with Crippen LogP contribution in [0.5, 0.6) is 5.75 Å². The van der Waals surface area contributed by atoms with Gasteiger partial charge in [-0.05, 0) is 48.2 Å². The van der Waals surface area contributed by atoms with E-state index in [2.05, 4.69) is 10.6 Å². The number of nitrogens with zero attached hydrogens (tertiary/aromatic N) is 2. The third-order valence-corrected chi connectivity index (χ3v) is 10.3. The number of nitrogens with one attached hydrogen (secondary N) is 2. The molecule has 0 unspecified atom stereocenters. The van der Waals surface area contributed by atoms with Crippen LogP contribution in [0.3, 0.4) is 0 Å². The van der Waals surface area contributed by atoms with Crippen LogP contribution in [0.4, 0.5) is 10.5 Å². The lowest BCUT2D eigenvalue weighted by Crippen LogP contribution is -2.60. The van der Waals surface area contributed by atoms with Crippen molar-refractivity contribution < 1.29 is 27.9 Å². The Hall–Kier alpha value is -3.93. The number of urea groups is 1. The lowest BCUT2D eigenvalue weighted by molar-refractivity contribution is -0.127. The summed E-state index contributed by atoms with van der Waals surface area (Å²) < 4.78 is 35.1. The van der Waals surface area contributed by atoms with E-state index in [4.69, 9.17) is 4.74 Å². The number of hydrogen-bond acceptors (Lipinski definition) is 6. The number of carbonyl (C=O) groups excluding carboxylic acids is 2. The van der Waals surface area contributed by atoms with Crippen molar-refractivity contribution in [1.82, 2.24) is 14.5 Å². The van der Waals surface area contributed by atoms with Crippen LogP contribution in [-0.4, -0.2) is 78.6 Å². The van der Waals surface area contributed by atoms with E-state index in [9.17, 15) is 23.1 Å². The standard InChI is InChI=1S/C31H34N4O6S/c36-25-20-26-29(37)33-31(13-16-34(17-14-31)30(38)32-24-9-5-2-6-10-24)15-18-41-27-19-23(22-7-3-1-4-8-22)11-12-28(27)42(39,40)35(26)21-25/h1-12,19,25-26,36H,13-18,20-21H2,(H,32,38)(H,33,37)/t25-,26+/m1/s1. The molecule has 220 valence electrons. The summed E-state index contributed by atoms with van der Waals surface area (Å²) in [6, 6.07) is 22.5. The third kappa shape index (κ3) is 5.59. The maximum absolute atomic E-state index is 13.9. The fourth-order valence-electron chi connectivity index (χ4n) is 6.06. The van der Waals surface area contributed by atoms with Gasteiger partial charge in [0.1, 0.15) is 16.7 Å². The lowest BCUT2D eigenvalue weighted by atomic mass is 9.84. The summed E-state index contributed by atoms with van der Waals surface area (Å²) in [5.74, 6) is -0.234. The zero-order valence-electron chi connectivity index (χ0n) is 23.1. The molecular formula is C31H34N4O6S. The smallest absolute Gasteiger partial charge is 0.321 e. The number of aliphatic hydroxyl groups excluding tert-OH is 1. The molecule has 3 aromatic carbocycles. The van der Waals surface area contributed by atoms with Crippen LogP contribution >= 0.6 is 0 Å². The van der Waals surface area contributed by atoms with Gasteiger partial charge in [-0.3, -0.25) is 4.79 Å². The summed E-state index contributed by atoms with van der Waals surface area (Å²) in [5, 5.41) is 16.5. The lowest BCUT2D eigenvalue weighted by Gasteiger charge is -2.43. The van der Waals surface area contributed by atoms with Gasteiger partial charge in [-0.15, -0.1) is 0 Å². The summed E-state index contributed by atoms with van der Waals surface area (Å²) in [4.78, 5) is 28.3. The van der Waals surface area contributed by atoms with Crippen molar-refractivity contribution in [2.24, 2.45) is 0 Å². The molecule has 0 saturated carbocycles. The van der Waals surface area contributed by atoms with E-state index in [0.29, 0.717) is 38.0 Å². The van der Waals surface area contributed by atoms with Crippen molar-refractivity contribution in [3.8, 4) is 16.9 Å². The molecule has 42 heavy (non-hydrogen) atoms. The van der Waals surface area contributed by atoms with Crippen molar-refractivity contribution >= 4 is 27.6 Å². The Bertz CT molecular complexity index is 1560. The minimum atomic E-state index is -4.17. The average molecular weight is 591 g/mol. The number of fused-ring (bicyclic) bond motifs is 2. The van der Waals surface area contributed by atoms with Gasteiger partial charge in [-0.25, -0.2) is 13.2 Å². The van der Waals surface area contributed by atoms with Gasteiger partial charge in [-0.1, -0.05) is 54.6 Å². The highest BCUT2D eigenvalue weighted by Crippen LogP contribution is 2.37. The molecule has 0 radical (unpaired) electrons. The zero-order chi connectivity index (χ0) is 29.3. The van der Waals surface area contributed by atoms with Gasteiger partial charge in [-0.2, -0.15) is 4.31 Å². The number of rotatable bonds is 2. The number of likely N-dealkylation sites (tertiary alicyclic amines) is 1. The second kappa shape index (κ2) is 11.4. The van der Waals surface area contributed by atoms with E-state index in [1.54, 1.807) is 17.0 Å². The molecule has 10 nitrogen and oxygen atoms in total.